The molecular weight excluding hydrogens is 423 g/mol. The number of hydrogen-bond acceptors (Lipinski definition) is 6. The van der Waals surface area contributed by atoms with E-state index in [2.05, 4.69) is 30.1 Å². The molecular formula is C24H25FN6O2. The van der Waals surface area contributed by atoms with E-state index in [1.54, 1.807) is 6.20 Å². The van der Waals surface area contributed by atoms with Crippen molar-refractivity contribution in [2.45, 2.75) is 43.8 Å². The molecule has 1 aliphatic heterocycles. The molecule has 170 valence electrons. The zero-order chi connectivity index (χ0) is 22.7. The van der Waals surface area contributed by atoms with Crippen LogP contribution in [0.5, 0.6) is 0 Å². The van der Waals surface area contributed by atoms with Gasteiger partial charge in [0.25, 0.3) is 11.5 Å². The fraction of sp³-hybridized carbons (Fsp3) is 0.417. The van der Waals surface area contributed by atoms with Crippen LogP contribution in [-0.2, 0) is 6.54 Å². The van der Waals surface area contributed by atoms with E-state index in [0.717, 1.165) is 61.1 Å². The van der Waals surface area contributed by atoms with Gasteiger partial charge in [-0.15, -0.1) is 0 Å². The van der Waals surface area contributed by atoms with E-state index in [-0.39, 0.29) is 11.3 Å². The number of aromatic nitrogens is 3. The molecule has 3 fully saturated rings. The van der Waals surface area contributed by atoms with E-state index in [0.29, 0.717) is 23.7 Å². The Bertz CT molecular complexity index is 1320. The molecule has 0 spiro atoms. The zero-order valence-electron chi connectivity index (χ0n) is 18.3. The maximum absolute atomic E-state index is 14.4. The van der Waals surface area contributed by atoms with Crippen LogP contribution in [0.1, 0.15) is 46.8 Å². The lowest BCUT2D eigenvalue weighted by Crippen LogP contribution is -2.46. The molecule has 2 atom stereocenters. The highest BCUT2D eigenvalue weighted by atomic mass is 19.1. The van der Waals surface area contributed by atoms with Crippen LogP contribution in [0.25, 0.3) is 11.0 Å². The number of nitrogens with zero attached hydrogens (tertiary/aromatic N) is 4. The Labute approximate surface area is 189 Å². The highest BCUT2D eigenvalue weighted by Crippen LogP contribution is 2.40. The normalized spacial score (nSPS) is 22.3. The summed E-state index contributed by atoms with van der Waals surface area (Å²) in [5.41, 5.74) is 4.08. The standard InChI is InChI=1S/C24H25FN6O2/c1-26-24(33)22-17(25)7-15(11-28-22)31-5-4-30(20-9-21(20)31)12-13-6-19-18(27-10-13)8-16(14-2-3-14)23(32)29-19/h6-8,10-11,14,20-21H,2-5,9,12H2,1H3,(H,26,33)(H,29,32)/t20-,21+/m0/s1. The summed E-state index contributed by atoms with van der Waals surface area (Å²) < 4.78 is 14.4. The number of fused-ring (bicyclic) bond motifs is 2. The molecule has 33 heavy (non-hydrogen) atoms. The largest absolute Gasteiger partial charge is 0.364 e. The quantitative estimate of drug-likeness (QED) is 0.621. The van der Waals surface area contributed by atoms with Crippen LogP contribution in [0, 0.1) is 5.82 Å². The smallest absolute Gasteiger partial charge is 0.272 e. The molecule has 8 nitrogen and oxygen atoms in total. The number of rotatable bonds is 5. The first kappa shape index (κ1) is 20.3. The molecule has 3 aromatic heterocycles. The number of pyridine rings is 3. The maximum atomic E-state index is 14.4. The Morgan fingerprint density at radius 2 is 2.03 bits per heavy atom. The third-order valence-electron chi connectivity index (χ3n) is 7.00. The minimum Gasteiger partial charge on any atom is -0.364 e. The number of nitrogens with one attached hydrogen (secondary N) is 2. The van der Waals surface area contributed by atoms with Crippen molar-refractivity contribution in [2.75, 3.05) is 25.0 Å². The SMILES string of the molecule is CNC(=O)c1ncc(N2CCN(Cc3cnc4cc(C5CC5)c(=O)[nH]c4c3)[C@H]3C[C@H]32)cc1F. The van der Waals surface area contributed by atoms with E-state index in [1.807, 2.05) is 18.3 Å². The molecule has 6 rings (SSSR count). The van der Waals surface area contributed by atoms with Crippen LogP contribution in [0.3, 0.4) is 0 Å². The Morgan fingerprint density at radius 1 is 1.18 bits per heavy atom. The van der Waals surface area contributed by atoms with E-state index in [9.17, 15) is 14.0 Å². The van der Waals surface area contributed by atoms with Gasteiger partial charge >= 0.3 is 0 Å². The van der Waals surface area contributed by atoms with Crippen molar-refractivity contribution < 1.29 is 9.18 Å². The Hall–Kier alpha value is -3.33. The van der Waals surface area contributed by atoms with Gasteiger partial charge in [-0.05, 0) is 42.9 Å². The second kappa shape index (κ2) is 7.62. The summed E-state index contributed by atoms with van der Waals surface area (Å²) in [4.78, 5) is 40.4. The number of carbonyl (C=O) groups excluding carboxylic acids is 1. The Balaban J connectivity index is 1.16. The predicted octanol–water partition coefficient (Wildman–Crippen LogP) is 2.16. The molecule has 2 aliphatic carbocycles. The van der Waals surface area contributed by atoms with Crippen molar-refractivity contribution in [1.29, 1.82) is 0 Å². The number of piperazine rings is 1. The molecule has 1 amide bonds. The van der Waals surface area contributed by atoms with Crippen LogP contribution in [0.4, 0.5) is 10.1 Å². The molecule has 0 unspecified atom stereocenters. The molecule has 9 heteroatoms. The first-order valence-electron chi connectivity index (χ1n) is 11.4. The van der Waals surface area contributed by atoms with Gasteiger partial charge in [0, 0.05) is 56.6 Å². The van der Waals surface area contributed by atoms with Crippen LogP contribution >= 0.6 is 0 Å². The molecule has 4 heterocycles. The monoisotopic (exact) mass is 448 g/mol. The number of anilines is 1. The summed E-state index contributed by atoms with van der Waals surface area (Å²) in [5.74, 6) is -0.735. The molecule has 2 saturated carbocycles. The summed E-state index contributed by atoms with van der Waals surface area (Å²) in [6, 6.07) is 6.06. The topological polar surface area (TPSA) is 94.2 Å². The molecule has 0 bridgehead atoms. The third-order valence-corrected chi connectivity index (χ3v) is 7.00. The van der Waals surface area contributed by atoms with Crippen LogP contribution < -0.4 is 15.8 Å². The van der Waals surface area contributed by atoms with E-state index in [1.165, 1.54) is 13.1 Å². The van der Waals surface area contributed by atoms with Crippen molar-refractivity contribution in [3.8, 4) is 0 Å². The second-order valence-corrected chi connectivity index (χ2v) is 9.24. The molecule has 0 aromatic carbocycles. The van der Waals surface area contributed by atoms with E-state index in [4.69, 9.17) is 0 Å². The first-order chi connectivity index (χ1) is 16.0. The summed E-state index contributed by atoms with van der Waals surface area (Å²) in [5, 5.41) is 2.41. The van der Waals surface area contributed by atoms with Crippen molar-refractivity contribution in [1.82, 2.24) is 25.2 Å². The van der Waals surface area contributed by atoms with E-state index < -0.39 is 11.7 Å². The fourth-order valence-corrected chi connectivity index (χ4v) is 5.01. The van der Waals surface area contributed by atoms with Gasteiger partial charge in [0.15, 0.2) is 11.5 Å². The molecule has 1 saturated heterocycles. The van der Waals surface area contributed by atoms with E-state index >= 15 is 0 Å². The summed E-state index contributed by atoms with van der Waals surface area (Å²) in [6.07, 6.45) is 6.65. The van der Waals surface area contributed by atoms with Crippen molar-refractivity contribution in [3.05, 3.63) is 63.6 Å². The summed E-state index contributed by atoms with van der Waals surface area (Å²) in [6.45, 7) is 2.34. The van der Waals surface area contributed by atoms with Gasteiger partial charge in [-0.2, -0.15) is 0 Å². The average Bonchev–Trinajstić information content (AvgIpc) is 3.72. The van der Waals surface area contributed by atoms with Gasteiger partial charge < -0.3 is 15.2 Å². The molecule has 0 radical (unpaired) electrons. The van der Waals surface area contributed by atoms with Gasteiger partial charge in [0.1, 0.15) is 0 Å². The molecule has 3 aliphatic rings. The highest BCUT2D eigenvalue weighted by Gasteiger charge is 2.49. The zero-order valence-corrected chi connectivity index (χ0v) is 18.3. The number of H-pyrrole nitrogens is 1. The van der Waals surface area contributed by atoms with Crippen LogP contribution in [0.15, 0.2) is 35.4 Å². The number of hydrogen-bond donors (Lipinski definition) is 2. The van der Waals surface area contributed by atoms with Gasteiger partial charge in [0.2, 0.25) is 0 Å². The van der Waals surface area contributed by atoms with Gasteiger partial charge in [0.05, 0.1) is 22.9 Å². The van der Waals surface area contributed by atoms with Crippen molar-refractivity contribution >= 4 is 22.6 Å². The fourth-order valence-electron chi connectivity index (χ4n) is 5.01. The average molecular weight is 449 g/mol. The highest BCUT2D eigenvalue weighted by molar-refractivity contribution is 5.92. The lowest BCUT2D eigenvalue weighted by molar-refractivity contribution is 0.0953. The second-order valence-electron chi connectivity index (χ2n) is 9.24. The van der Waals surface area contributed by atoms with Gasteiger partial charge in [-0.1, -0.05) is 0 Å². The maximum Gasteiger partial charge on any atom is 0.272 e. The number of halogens is 1. The number of carbonyl (C=O) groups is 1. The predicted molar refractivity (Wildman–Crippen MR) is 122 cm³/mol. The number of aromatic amines is 1. The molecule has 2 N–H and O–H groups in total. The van der Waals surface area contributed by atoms with Crippen LogP contribution in [0.2, 0.25) is 0 Å². The summed E-state index contributed by atoms with van der Waals surface area (Å²) in [7, 11) is 1.46. The lowest BCUT2D eigenvalue weighted by atomic mass is 10.1. The first-order valence-corrected chi connectivity index (χ1v) is 11.4. The number of amides is 1. The third kappa shape index (κ3) is 3.66. The van der Waals surface area contributed by atoms with Crippen LogP contribution in [-0.4, -0.2) is 58.0 Å². The lowest BCUT2D eigenvalue weighted by Gasteiger charge is -2.35. The van der Waals surface area contributed by atoms with Gasteiger partial charge in [-0.25, -0.2) is 9.37 Å². The van der Waals surface area contributed by atoms with Gasteiger partial charge in [-0.3, -0.25) is 19.5 Å². The van der Waals surface area contributed by atoms with Crippen molar-refractivity contribution in [3.63, 3.8) is 0 Å². The Kier molecular flexibility index (Phi) is 4.69. The molecule has 3 aromatic rings. The minimum atomic E-state index is -0.604. The van der Waals surface area contributed by atoms with Crippen molar-refractivity contribution in [2.24, 2.45) is 0 Å². The minimum absolute atomic E-state index is 0.00287. The summed E-state index contributed by atoms with van der Waals surface area (Å²) >= 11 is 0. The Morgan fingerprint density at radius 3 is 2.79 bits per heavy atom.